The Morgan fingerprint density at radius 1 is 0.228 bits per heavy atom. The summed E-state index contributed by atoms with van der Waals surface area (Å²) in [5.74, 6) is 0. The molecule has 1 heterocycles. The second-order valence-corrected chi connectivity index (χ2v) is 16.7. The van der Waals surface area contributed by atoms with E-state index >= 15 is 0 Å². The molecular weight excluding hydrogens is 705 g/mol. The van der Waals surface area contributed by atoms with Crippen molar-refractivity contribution in [2.24, 2.45) is 0 Å². The highest BCUT2D eigenvalue weighted by Gasteiger charge is 2.17. The molecule has 13 rings (SSSR count). The van der Waals surface area contributed by atoms with Crippen molar-refractivity contribution < 1.29 is 0 Å². The predicted octanol–water partition coefficient (Wildman–Crippen LogP) is 16.5. The molecule has 13 aromatic rings. The van der Waals surface area contributed by atoms with Crippen LogP contribution in [0.2, 0.25) is 0 Å². The number of hydrogen-bond acceptors (Lipinski definition) is 1. The largest absolute Gasteiger partial charge is 0.135 e. The zero-order valence-electron chi connectivity index (χ0n) is 30.9. The van der Waals surface area contributed by atoms with Crippen LogP contribution in [-0.4, -0.2) is 0 Å². The Labute approximate surface area is 333 Å². The van der Waals surface area contributed by atoms with Crippen LogP contribution >= 0.6 is 11.3 Å². The average Bonchev–Trinajstić information content (AvgIpc) is 3.65. The maximum absolute atomic E-state index is 2.41. The molecule has 57 heavy (non-hydrogen) atoms. The van der Waals surface area contributed by atoms with Crippen molar-refractivity contribution in [2.75, 3.05) is 0 Å². The third-order valence-corrected chi connectivity index (χ3v) is 13.7. The highest BCUT2D eigenvalue weighted by molar-refractivity contribution is 7.25. The third kappa shape index (κ3) is 4.61. The van der Waals surface area contributed by atoms with E-state index in [4.69, 9.17) is 0 Å². The fourth-order valence-electron chi connectivity index (χ4n) is 9.86. The zero-order valence-corrected chi connectivity index (χ0v) is 31.7. The van der Waals surface area contributed by atoms with Crippen LogP contribution < -0.4 is 0 Å². The van der Waals surface area contributed by atoms with Gasteiger partial charge in [0.05, 0.1) is 0 Å². The standard InChI is InChI=1S/C56H32S/c1-2-13-51-47(12-1)50-32-40(22-27-52(50)57-51)43-29-42(30-44(31-43)46-24-19-38-17-15-34-7-4-9-36-21-26-49(46)56(38)54(34)36)39-10-5-11-41(28-39)45-23-18-37-16-14-33-6-3-8-35-20-25-48(45)55(37)53(33)35/h1-32H. The molecule has 0 aliphatic heterocycles. The van der Waals surface area contributed by atoms with E-state index in [-0.39, 0.29) is 0 Å². The summed E-state index contributed by atoms with van der Waals surface area (Å²) in [6.07, 6.45) is 0. The summed E-state index contributed by atoms with van der Waals surface area (Å²) in [6, 6.07) is 73.1. The average molecular weight is 737 g/mol. The van der Waals surface area contributed by atoms with Crippen molar-refractivity contribution in [3.63, 3.8) is 0 Å². The van der Waals surface area contributed by atoms with Gasteiger partial charge in [0.15, 0.2) is 0 Å². The summed E-state index contributed by atoms with van der Waals surface area (Å²) in [5.41, 5.74) is 9.85. The van der Waals surface area contributed by atoms with E-state index in [1.165, 1.54) is 129 Å². The Balaban J connectivity index is 1.04. The van der Waals surface area contributed by atoms with Gasteiger partial charge in [0.25, 0.3) is 0 Å². The van der Waals surface area contributed by atoms with Crippen molar-refractivity contribution >= 4 is 96.1 Å². The predicted molar refractivity (Wildman–Crippen MR) is 248 cm³/mol. The molecule has 1 heteroatoms. The van der Waals surface area contributed by atoms with Gasteiger partial charge >= 0.3 is 0 Å². The van der Waals surface area contributed by atoms with Gasteiger partial charge in [0, 0.05) is 20.2 Å². The molecule has 0 unspecified atom stereocenters. The minimum Gasteiger partial charge on any atom is -0.135 e. The number of hydrogen-bond donors (Lipinski definition) is 0. The van der Waals surface area contributed by atoms with Crippen LogP contribution in [0, 0.1) is 0 Å². The van der Waals surface area contributed by atoms with Crippen LogP contribution in [-0.2, 0) is 0 Å². The van der Waals surface area contributed by atoms with Crippen molar-refractivity contribution in [1.82, 2.24) is 0 Å². The Hall–Kier alpha value is -7.06. The second-order valence-electron chi connectivity index (χ2n) is 15.6. The van der Waals surface area contributed by atoms with Gasteiger partial charge in [-0.15, -0.1) is 11.3 Å². The van der Waals surface area contributed by atoms with E-state index in [0.717, 1.165) is 0 Å². The normalized spacial score (nSPS) is 12.2. The number of thiophene rings is 1. The first-order valence-corrected chi connectivity index (χ1v) is 20.5. The second kappa shape index (κ2) is 11.7. The topological polar surface area (TPSA) is 0 Å². The molecule has 0 fully saturated rings. The van der Waals surface area contributed by atoms with Crippen LogP contribution in [0.1, 0.15) is 0 Å². The lowest BCUT2D eigenvalue weighted by Gasteiger charge is -2.17. The molecule has 0 spiro atoms. The summed E-state index contributed by atoms with van der Waals surface area (Å²) in [5, 5.41) is 18.4. The maximum atomic E-state index is 2.41. The van der Waals surface area contributed by atoms with E-state index < -0.39 is 0 Å². The zero-order chi connectivity index (χ0) is 37.2. The monoisotopic (exact) mass is 736 g/mol. The van der Waals surface area contributed by atoms with Crippen LogP contribution in [0.25, 0.3) is 129 Å². The minimum atomic E-state index is 1.21. The Kier molecular flexibility index (Phi) is 6.41. The van der Waals surface area contributed by atoms with E-state index in [1.54, 1.807) is 0 Å². The van der Waals surface area contributed by atoms with Gasteiger partial charge < -0.3 is 0 Å². The first-order valence-electron chi connectivity index (χ1n) is 19.7. The van der Waals surface area contributed by atoms with E-state index in [9.17, 15) is 0 Å². The molecule has 0 N–H and O–H groups in total. The summed E-state index contributed by atoms with van der Waals surface area (Å²) in [7, 11) is 0. The minimum absolute atomic E-state index is 1.21. The van der Waals surface area contributed by atoms with Crippen LogP contribution in [0.5, 0.6) is 0 Å². The van der Waals surface area contributed by atoms with Crippen molar-refractivity contribution in [1.29, 1.82) is 0 Å². The summed E-state index contributed by atoms with van der Waals surface area (Å²) in [6.45, 7) is 0. The van der Waals surface area contributed by atoms with Gasteiger partial charge in [-0.25, -0.2) is 0 Å². The van der Waals surface area contributed by atoms with Gasteiger partial charge in [0.1, 0.15) is 0 Å². The lowest BCUT2D eigenvalue weighted by Crippen LogP contribution is -1.90. The van der Waals surface area contributed by atoms with Crippen molar-refractivity contribution in [3.8, 4) is 44.5 Å². The Bertz CT molecular complexity index is 3720. The van der Waals surface area contributed by atoms with E-state index in [2.05, 4.69) is 194 Å². The van der Waals surface area contributed by atoms with Gasteiger partial charge in [0.2, 0.25) is 0 Å². The molecule has 12 aromatic carbocycles. The maximum Gasteiger partial charge on any atom is 0.0355 e. The highest BCUT2D eigenvalue weighted by atomic mass is 32.1. The molecule has 262 valence electrons. The van der Waals surface area contributed by atoms with Crippen LogP contribution in [0.15, 0.2) is 194 Å². The molecule has 0 nitrogen and oxygen atoms in total. The van der Waals surface area contributed by atoms with Crippen molar-refractivity contribution in [3.05, 3.63) is 194 Å². The highest BCUT2D eigenvalue weighted by Crippen LogP contribution is 2.44. The van der Waals surface area contributed by atoms with Gasteiger partial charge in [-0.1, -0.05) is 152 Å². The molecule has 0 saturated carbocycles. The fraction of sp³-hybridized carbons (Fsp3) is 0. The molecular formula is C56H32S. The smallest absolute Gasteiger partial charge is 0.0355 e. The fourth-order valence-corrected chi connectivity index (χ4v) is 10.9. The summed E-state index contributed by atoms with van der Waals surface area (Å²) < 4.78 is 2.65. The lowest BCUT2D eigenvalue weighted by atomic mass is 9.87. The number of benzene rings is 12. The Morgan fingerprint density at radius 2 is 0.684 bits per heavy atom. The van der Waals surface area contributed by atoms with Gasteiger partial charge in [-0.05, 0) is 152 Å². The summed E-state index contributed by atoms with van der Waals surface area (Å²) in [4.78, 5) is 0. The molecule has 0 amide bonds. The Morgan fingerprint density at radius 3 is 1.33 bits per heavy atom. The number of fused-ring (bicyclic) bond motifs is 3. The molecule has 0 bridgehead atoms. The quantitative estimate of drug-likeness (QED) is 0.158. The first kappa shape index (κ1) is 31.2. The molecule has 0 atom stereocenters. The van der Waals surface area contributed by atoms with E-state index in [0.29, 0.717) is 0 Å². The number of rotatable bonds is 4. The van der Waals surface area contributed by atoms with Crippen LogP contribution in [0.3, 0.4) is 0 Å². The van der Waals surface area contributed by atoms with Crippen LogP contribution in [0.4, 0.5) is 0 Å². The lowest BCUT2D eigenvalue weighted by molar-refractivity contribution is 1.58. The van der Waals surface area contributed by atoms with E-state index in [1.807, 2.05) is 11.3 Å². The SMILES string of the molecule is c1cc(-c2cc(-c3ccc4sc5ccccc5c4c3)cc(-c3ccc4ccc5cccc6ccc3c4c56)c2)cc(-c2ccc3ccc4cccc5ccc2c3c45)c1. The molecule has 0 aliphatic carbocycles. The van der Waals surface area contributed by atoms with Crippen molar-refractivity contribution in [2.45, 2.75) is 0 Å². The van der Waals surface area contributed by atoms with Gasteiger partial charge in [-0.2, -0.15) is 0 Å². The molecule has 0 saturated heterocycles. The molecule has 0 aliphatic rings. The summed E-state index contributed by atoms with van der Waals surface area (Å²) >= 11 is 1.87. The van der Waals surface area contributed by atoms with Gasteiger partial charge in [-0.3, -0.25) is 0 Å². The molecule has 1 aromatic heterocycles. The molecule has 0 radical (unpaired) electrons. The third-order valence-electron chi connectivity index (χ3n) is 12.5. The first-order chi connectivity index (χ1) is 28.2.